The molecule has 18 heavy (non-hydrogen) atoms. The molecule has 0 saturated carbocycles. The molecule has 0 saturated heterocycles. The highest BCUT2D eigenvalue weighted by atomic mass is 16.1. The van der Waals surface area contributed by atoms with E-state index >= 15 is 0 Å². The van der Waals surface area contributed by atoms with E-state index in [0.29, 0.717) is 17.1 Å². The molecule has 2 aromatic rings. The fraction of sp³-hybridized carbons (Fsp3) is 0.143. The van der Waals surface area contributed by atoms with E-state index in [1.165, 1.54) is 0 Å². The minimum absolute atomic E-state index is 0.229. The van der Waals surface area contributed by atoms with Gasteiger partial charge < -0.3 is 11.1 Å². The van der Waals surface area contributed by atoms with Crippen molar-refractivity contribution in [3.8, 4) is 0 Å². The summed E-state index contributed by atoms with van der Waals surface area (Å²) in [6.45, 7) is 3.75. The van der Waals surface area contributed by atoms with Crippen molar-refractivity contribution in [2.75, 3.05) is 11.1 Å². The minimum atomic E-state index is -0.229. The molecule has 0 bridgehead atoms. The molecule has 2 rings (SSSR count). The predicted molar refractivity (Wildman–Crippen MR) is 72.5 cm³/mol. The highest BCUT2D eigenvalue weighted by Gasteiger charge is 2.13. The molecule has 0 unspecified atom stereocenters. The van der Waals surface area contributed by atoms with Crippen LogP contribution in [-0.2, 0) is 0 Å². The lowest BCUT2D eigenvalue weighted by Crippen LogP contribution is -2.17. The van der Waals surface area contributed by atoms with Crippen molar-refractivity contribution in [3.05, 3.63) is 53.2 Å². The Bertz CT molecular complexity index is 573. The number of benzene rings is 1. The van der Waals surface area contributed by atoms with Gasteiger partial charge >= 0.3 is 0 Å². The Hall–Kier alpha value is -2.36. The molecule has 0 aliphatic rings. The highest BCUT2D eigenvalue weighted by molar-refractivity contribution is 6.08. The topological polar surface area (TPSA) is 68.0 Å². The SMILES string of the molecule is Cc1cccnc1NC(=O)c1c(C)cccc1N. The Morgan fingerprint density at radius 1 is 1.17 bits per heavy atom. The summed E-state index contributed by atoms with van der Waals surface area (Å²) in [4.78, 5) is 16.3. The highest BCUT2D eigenvalue weighted by Crippen LogP contribution is 2.18. The molecule has 1 amide bonds. The molecule has 0 spiro atoms. The molecule has 3 N–H and O–H groups in total. The first-order chi connectivity index (χ1) is 8.59. The van der Waals surface area contributed by atoms with E-state index in [9.17, 15) is 4.79 Å². The van der Waals surface area contributed by atoms with Gasteiger partial charge in [-0.25, -0.2) is 4.98 Å². The first-order valence-corrected chi connectivity index (χ1v) is 5.67. The third-order valence-corrected chi connectivity index (χ3v) is 2.77. The molecule has 1 aromatic carbocycles. The Balaban J connectivity index is 2.31. The number of hydrogen-bond donors (Lipinski definition) is 2. The quantitative estimate of drug-likeness (QED) is 0.794. The second kappa shape index (κ2) is 4.87. The number of aryl methyl sites for hydroxylation is 2. The maximum absolute atomic E-state index is 12.2. The molecule has 0 radical (unpaired) electrons. The van der Waals surface area contributed by atoms with E-state index in [1.807, 2.05) is 38.1 Å². The molecule has 1 aromatic heterocycles. The molecule has 0 aliphatic heterocycles. The van der Waals surface area contributed by atoms with Gasteiger partial charge in [0.25, 0.3) is 5.91 Å². The van der Waals surface area contributed by atoms with Crippen LogP contribution in [0.2, 0.25) is 0 Å². The van der Waals surface area contributed by atoms with Gasteiger partial charge in [-0.05, 0) is 37.1 Å². The first-order valence-electron chi connectivity index (χ1n) is 5.67. The van der Waals surface area contributed by atoms with Crippen molar-refractivity contribution in [1.82, 2.24) is 4.98 Å². The maximum atomic E-state index is 12.2. The van der Waals surface area contributed by atoms with Gasteiger partial charge in [0.1, 0.15) is 5.82 Å². The van der Waals surface area contributed by atoms with Crippen LogP contribution in [0.15, 0.2) is 36.5 Å². The second-order valence-corrected chi connectivity index (χ2v) is 4.16. The average molecular weight is 241 g/mol. The predicted octanol–water partition coefficient (Wildman–Crippen LogP) is 2.53. The van der Waals surface area contributed by atoms with Crippen LogP contribution in [0.3, 0.4) is 0 Å². The van der Waals surface area contributed by atoms with Crippen LogP contribution in [0.5, 0.6) is 0 Å². The van der Waals surface area contributed by atoms with Crippen molar-refractivity contribution < 1.29 is 4.79 Å². The number of pyridine rings is 1. The molecule has 0 fully saturated rings. The van der Waals surface area contributed by atoms with Crippen LogP contribution in [0, 0.1) is 13.8 Å². The zero-order valence-electron chi connectivity index (χ0n) is 10.4. The van der Waals surface area contributed by atoms with Crippen molar-refractivity contribution >= 4 is 17.4 Å². The lowest BCUT2D eigenvalue weighted by Gasteiger charge is -2.10. The number of anilines is 2. The standard InChI is InChI=1S/C14H15N3O/c1-9-5-3-7-11(15)12(9)14(18)17-13-10(2)6-4-8-16-13/h3-8H,15H2,1-2H3,(H,16,17,18). The van der Waals surface area contributed by atoms with E-state index in [0.717, 1.165) is 11.1 Å². The fourth-order valence-corrected chi connectivity index (χ4v) is 1.79. The Labute approximate surface area is 106 Å². The molecular weight excluding hydrogens is 226 g/mol. The van der Waals surface area contributed by atoms with Crippen LogP contribution in [-0.4, -0.2) is 10.9 Å². The molecule has 1 heterocycles. The van der Waals surface area contributed by atoms with Gasteiger partial charge in [-0.1, -0.05) is 18.2 Å². The van der Waals surface area contributed by atoms with Gasteiger partial charge in [0.15, 0.2) is 0 Å². The van der Waals surface area contributed by atoms with E-state index in [1.54, 1.807) is 12.3 Å². The van der Waals surface area contributed by atoms with E-state index in [4.69, 9.17) is 5.73 Å². The second-order valence-electron chi connectivity index (χ2n) is 4.16. The molecule has 92 valence electrons. The van der Waals surface area contributed by atoms with Crippen molar-refractivity contribution in [2.45, 2.75) is 13.8 Å². The number of rotatable bonds is 2. The first kappa shape index (κ1) is 12.1. The van der Waals surface area contributed by atoms with Gasteiger partial charge in [0, 0.05) is 11.9 Å². The van der Waals surface area contributed by atoms with E-state index in [2.05, 4.69) is 10.3 Å². The van der Waals surface area contributed by atoms with E-state index in [-0.39, 0.29) is 5.91 Å². The zero-order valence-corrected chi connectivity index (χ0v) is 10.4. The van der Waals surface area contributed by atoms with Gasteiger partial charge in [-0.3, -0.25) is 4.79 Å². The number of nitrogens with zero attached hydrogens (tertiary/aromatic N) is 1. The summed E-state index contributed by atoms with van der Waals surface area (Å²) in [7, 11) is 0. The third kappa shape index (κ3) is 2.32. The maximum Gasteiger partial charge on any atom is 0.259 e. The molecule has 4 nitrogen and oxygen atoms in total. The number of nitrogens with one attached hydrogen (secondary N) is 1. The Morgan fingerprint density at radius 2 is 1.89 bits per heavy atom. The number of nitrogens with two attached hydrogens (primary N) is 1. The number of nitrogen functional groups attached to an aromatic ring is 1. The minimum Gasteiger partial charge on any atom is -0.398 e. The number of carbonyl (C=O) groups is 1. The number of amides is 1. The summed E-state index contributed by atoms with van der Waals surface area (Å²) in [5.41, 5.74) is 8.57. The lowest BCUT2D eigenvalue weighted by atomic mass is 10.1. The monoisotopic (exact) mass is 241 g/mol. The summed E-state index contributed by atoms with van der Waals surface area (Å²) in [5, 5.41) is 2.78. The van der Waals surface area contributed by atoms with Gasteiger partial charge in [-0.15, -0.1) is 0 Å². The van der Waals surface area contributed by atoms with E-state index < -0.39 is 0 Å². The summed E-state index contributed by atoms with van der Waals surface area (Å²) in [6, 6.07) is 9.12. The van der Waals surface area contributed by atoms with Crippen LogP contribution in [0.1, 0.15) is 21.5 Å². The third-order valence-electron chi connectivity index (χ3n) is 2.77. The molecular formula is C14H15N3O. The lowest BCUT2D eigenvalue weighted by molar-refractivity contribution is 0.102. The number of aromatic nitrogens is 1. The summed E-state index contributed by atoms with van der Waals surface area (Å²) in [5.74, 6) is 0.331. The Morgan fingerprint density at radius 3 is 2.56 bits per heavy atom. The molecule has 0 aliphatic carbocycles. The van der Waals surface area contributed by atoms with Gasteiger partial charge in [-0.2, -0.15) is 0 Å². The number of carbonyl (C=O) groups excluding carboxylic acids is 1. The van der Waals surface area contributed by atoms with Crippen molar-refractivity contribution in [3.63, 3.8) is 0 Å². The van der Waals surface area contributed by atoms with Crippen LogP contribution in [0.4, 0.5) is 11.5 Å². The average Bonchev–Trinajstić information content (AvgIpc) is 2.32. The molecule has 4 heteroatoms. The Kier molecular flexibility index (Phi) is 3.28. The smallest absolute Gasteiger partial charge is 0.259 e. The zero-order chi connectivity index (χ0) is 13.1. The summed E-state index contributed by atoms with van der Waals surface area (Å²) < 4.78 is 0. The fourth-order valence-electron chi connectivity index (χ4n) is 1.79. The van der Waals surface area contributed by atoms with Crippen LogP contribution < -0.4 is 11.1 Å². The normalized spacial score (nSPS) is 10.1. The summed E-state index contributed by atoms with van der Waals surface area (Å²) >= 11 is 0. The van der Waals surface area contributed by atoms with Gasteiger partial charge in [0.2, 0.25) is 0 Å². The molecule has 0 atom stereocenters. The van der Waals surface area contributed by atoms with Crippen molar-refractivity contribution in [1.29, 1.82) is 0 Å². The van der Waals surface area contributed by atoms with Gasteiger partial charge in [0.05, 0.1) is 5.56 Å². The number of hydrogen-bond acceptors (Lipinski definition) is 3. The van der Waals surface area contributed by atoms with Crippen LogP contribution >= 0.6 is 0 Å². The van der Waals surface area contributed by atoms with Crippen molar-refractivity contribution in [2.24, 2.45) is 0 Å². The van der Waals surface area contributed by atoms with Crippen LogP contribution in [0.25, 0.3) is 0 Å². The summed E-state index contributed by atoms with van der Waals surface area (Å²) in [6.07, 6.45) is 1.64. The largest absolute Gasteiger partial charge is 0.398 e.